The Kier molecular flexibility index (Phi) is 4.16. The zero-order valence-electron chi connectivity index (χ0n) is 15.7. The predicted molar refractivity (Wildman–Crippen MR) is 110 cm³/mol. The molecule has 2 aliphatic rings. The van der Waals surface area contributed by atoms with Crippen LogP contribution < -0.4 is 5.56 Å². The first-order valence-corrected chi connectivity index (χ1v) is 10.4. The summed E-state index contributed by atoms with van der Waals surface area (Å²) in [6.07, 6.45) is 1.05. The molecule has 0 N–H and O–H groups in total. The average Bonchev–Trinajstić information content (AvgIpc) is 3.10. The molecule has 4 heterocycles. The smallest absolute Gasteiger partial charge is 0.265 e. The normalized spacial score (nSPS) is 20.7. The molecule has 1 amide bonds. The van der Waals surface area contributed by atoms with Crippen molar-refractivity contribution in [2.24, 2.45) is 5.92 Å². The lowest BCUT2D eigenvalue weighted by Crippen LogP contribution is -2.49. The van der Waals surface area contributed by atoms with Gasteiger partial charge in [0.15, 0.2) is 0 Å². The van der Waals surface area contributed by atoms with E-state index in [9.17, 15) is 9.59 Å². The highest BCUT2D eigenvalue weighted by molar-refractivity contribution is 7.17. The predicted octanol–water partition coefficient (Wildman–Crippen LogP) is 3.54. The van der Waals surface area contributed by atoms with Crippen LogP contribution in [0.3, 0.4) is 0 Å². The molecule has 1 fully saturated rings. The van der Waals surface area contributed by atoms with E-state index in [-0.39, 0.29) is 17.4 Å². The van der Waals surface area contributed by atoms with E-state index in [4.69, 9.17) is 0 Å². The number of nitrogens with zero attached hydrogens (tertiary/aromatic N) is 3. The van der Waals surface area contributed by atoms with Crippen molar-refractivity contribution in [2.75, 3.05) is 13.1 Å². The molecule has 5 nitrogen and oxygen atoms in total. The minimum atomic E-state index is 0.0674. The number of carbonyl (C=O) groups excluding carboxylic acids is 1. The van der Waals surface area contributed by atoms with Crippen LogP contribution in [0.15, 0.2) is 53.3 Å². The lowest BCUT2D eigenvalue weighted by molar-refractivity contribution is 0.0598. The standard InChI is InChI=1S/C22H21N3O2S/c1-14-20(28-21(23-14)16-6-3-2-4-7-16)22(27)24-11-15-10-17(13-24)18-8-5-9-19(26)25(18)12-15/h2-9,15,17H,10-13H2,1H3. The lowest BCUT2D eigenvalue weighted by atomic mass is 9.83. The van der Waals surface area contributed by atoms with E-state index >= 15 is 0 Å². The Morgan fingerprint density at radius 3 is 2.71 bits per heavy atom. The van der Waals surface area contributed by atoms with Crippen molar-refractivity contribution in [3.05, 3.63) is 75.1 Å². The summed E-state index contributed by atoms with van der Waals surface area (Å²) >= 11 is 1.47. The summed E-state index contributed by atoms with van der Waals surface area (Å²) in [6, 6.07) is 15.5. The number of benzene rings is 1. The van der Waals surface area contributed by atoms with E-state index in [2.05, 4.69) is 4.98 Å². The molecule has 2 aromatic heterocycles. The molecule has 2 bridgehead atoms. The van der Waals surface area contributed by atoms with Crippen molar-refractivity contribution < 1.29 is 4.79 Å². The number of amides is 1. The van der Waals surface area contributed by atoms with Crippen LogP contribution in [0, 0.1) is 12.8 Å². The number of hydrogen-bond acceptors (Lipinski definition) is 4. The quantitative estimate of drug-likeness (QED) is 0.671. The fraction of sp³-hybridized carbons (Fsp3) is 0.318. The van der Waals surface area contributed by atoms with Gasteiger partial charge in [0.1, 0.15) is 9.88 Å². The molecule has 142 valence electrons. The number of carbonyl (C=O) groups is 1. The monoisotopic (exact) mass is 391 g/mol. The first-order valence-electron chi connectivity index (χ1n) is 9.62. The zero-order valence-corrected chi connectivity index (χ0v) is 16.5. The van der Waals surface area contributed by atoms with Crippen LogP contribution in [0.2, 0.25) is 0 Å². The summed E-state index contributed by atoms with van der Waals surface area (Å²) in [5.41, 5.74) is 2.96. The van der Waals surface area contributed by atoms with Crippen molar-refractivity contribution in [3.63, 3.8) is 0 Å². The molecule has 6 heteroatoms. The summed E-state index contributed by atoms with van der Waals surface area (Å²) in [6.45, 7) is 3.98. The topological polar surface area (TPSA) is 55.2 Å². The maximum absolute atomic E-state index is 13.3. The van der Waals surface area contributed by atoms with E-state index in [1.807, 2.05) is 58.9 Å². The molecule has 5 rings (SSSR count). The zero-order chi connectivity index (χ0) is 19.3. The molecular formula is C22H21N3O2S. The van der Waals surface area contributed by atoms with Crippen molar-refractivity contribution in [1.29, 1.82) is 0 Å². The van der Waals surface area contributed by atoms with Gasteiger partial charge in [0.05, 0.1) is 5.69 Å². The third-order valence-electron chi connectivity index (χ3n) is 5.78. The number of likely N-dealkylation sites (tertiary alicyclic amines) is 1. The molecule has 0 radical (unpaired) electrons. The Bertz CT molecular complexity index is 1100. The first-order chi connectivity index (χ1) is 13.6. The van der Waals surface area contributed by atoms with Crippen molar-refractivity contribution in [1.82, 2.24) is 14.5 Å². The summed E-state index contributed by atoms with van der Waals surface area (Å²) in [7, 11) is 0. The highest BCUT2D eigenvalue weighted by Crippen LogP contribution is 2.36. The summed E-state index contributed by atoms with van der Waals surface area (Å²) in [4.78, 5) is 32.8. The highest BCUT2D eigenvalue weighted by Gasteiger charge is 2.37. The Balaban J connectivity index is 1.43. The van der Waals surface area contributed by atoms with Gasteiger partial charge in [-0.15, -0.1) is 11.3 Å². The third-order valence-corrected chi connectivity index (χ3v) is 6.97. The van der Waals surface area contributed by atoms with E-state index in [1.54, 1.807) is 6.07 Å². The summed E-state index contributed by atoms with van der Waals surface area (Å²) < 4.78 is 1.89. The van der Waals surface area contributed by atoms with Crippen LogP contribution in [0.25, 0.3) is 10.6 Å². The molecule has 2 unspecified atom stereocenters. The molecule has 2 atom stereocenters. The molecule has 3 aromatic rings. The highest BCUT2D eigenvalue weighted by atomic mass is 32.1. The lowest BCUT2D eigenvalue weighted by Gasteiger charge is -2.42. The van der Waals surface area contributed by atoms with Gasteiger partial charge < -0.3 is 9.47 Å². The second-order valence-corrected chi connectivity index (χ2v) is 8.71. The molecule has 0 spiro atoms. The van der Waals surface area contributed by atoms with Crippen molar-refractivity contribution in [2.45, 2.75) is 25.8 Å². The van der Waals surface area contributed by atoms with Crippen LogP contribution in [0.1, 0.15) is 33.4 Å². The van der Waals surface area contributed by atoms with Gasteiger partial charge in [-0.05, 0) is 25.3 Å². The number of rotatable bonds is 2. The van der Waals surface area contributed by atoms with E-state index in [0.29, 0.717) is 25.6 Å². The van der Waals surface area contributed by atoms with Crippen LogP contribution in [-0.4, -0.2) is 33.4 Å². The fourth-order valence-corrected chi connectivity index (χ4v) is 5.54. The Morgan fingerprint density at radius 1 is 1.07 bits per heavy atom. The molecule has 0 saturated carbocycles. The van der Waals surface area contributed by atoms with E-state index < -0.39 is 0 Å². The number of aryl methyl sites for hydroxylation is 1. The number of fused-ring (bicyclic) bond motifs is 4. The van der Waals surface area contributed by atoms with Gasteiger partial charge in [0.2, 0.25) is 0 Å². The largest absolute Gasteiger partial charge is 0.337 e. The van der Waals surface area contributed by atoms with Crippen LogP contribution in [0.5, 0.6) is 0 Å². The van der Waals surface area contributed by atoms with Crippen molar-refractivity contribution in [3.8, 4) is 10.6 Å². The molecule has 2 aliphatic heterocycles. The van der Waals surface area contributed by atoms with Gasteiger partial charge in [0, 0.05) is 42.9 Å². The minimum absolute atomic E-state index is 0.0674. The van der Waals surface area contributed by atoms with E-state index in [0.717, 1.165) is 33.3 Å². The maximum atomic E-state index is 13.3. The summed E-state index contributed by atoms with van der Waals surface area (Å²) in [5, 5.41) is 0.885. The fourth-order valence-electron chi connectivity index (χ4n) is 4.50. The molecular weight excluding hydrogens is 370 g/mol. The Labute approximate surface area is 167 Å². The van der Waals surface area contributed by atoms with Gasteiger partial charge in [-0.25, -0.2) is 4.98 Å². The van der Waals surface area contributed by atoms with Crippen molar-refractivity contribution >= 4 is 17.2 Å². The molecule has 1 saturated heterocycles. The molecule has 0 aliphatic carbocycles. The number of thiazole rings is 1. The first kappa shape index (κ1) is 17.4. The van der Waals surface area contributed by atoms with Gasteiger partial charge in [-0.1, -0.05) is 36.4 Å². The summed E-state index contributed by atoms with van der Waals surface area (Å²) in [5.74, 6) is 0.628. The van der Waals surface area contributed by atoms with Crippen LogP contribution in [0.4, 0.5) is 0 Å². The molecule has 28 heavy (non-hydrogen) atoms. The minimum Gasteiger partial charge on any atom is -0.337 e. The SMILES string of the molecule is Cc1nc(-c2ccccc2)sc1C(=O)N1CC2CC(C1)c1cccc(=O)n1C2. The van der Waals surface area contributed by atoms with E-state index in [1.165, 1.54) is 11.3 Å². The van der Waals surface area contributed by atoms with Gasteiger partial charge >= 0.3 is 0 Å². The Morgan fingerprint density at radius 2 is 1.89 bits per heavy atom. The van der Waals surface area contributed by atoms with Gasteiger partial charge in [0.25, 0.3) is 11.5 Å². The second-order valence-electron chi connectivity index (χ2n) is 7.71. The number of hydrogen-bond donors (Lipinski definition) is 0. The number of pyridine rings is 1. The average molecular weight is 391 g/mol. The Hall–Kier alpha value is -2.73. The second kappa shape index (κ2) is 6.71. The van der Waals surface area contributed by atoms with Gasteiger partial charge in [-0.3, -0.25) is 9.59 Å². The number of aromatic nitrogens is 2. The maximum Gasteiger partial charge on any atom is 0.265 e. The molecule has 1 aromatic carbocycles. The van der Waals surface area contributed by atoms with Crippen LogP contribution >= 0.6 is 11.3 Å². The third kappa shape index (κ3) is 2.88. The van der Waals surface area contributed by atoms with Crippen LogP contribution in [-0.2, 0) is 6.54 Å². The number of piperidine rings is 1. The van der Waals surface area contributed by atoms with Gasteiger partial charge in [-0.2, -0.15) is 0 Å².